The van der Waals surface area contributed by atoms with Crippen molar-refractivity contribution in [1.82, 2.24) is 5.32 Å². The molecule has 4 bridgehead atoms. The molecule has 0 spiro atoms. The summed E-state index contributed by atoms with van der Waals surface area (Å²) in [6, 6.07) is 8.39. The maximum Gasteiger partial charge on any atom is 0.416 e. The molecule has 38 heavy (non-hydrogen) atoms. The van der Waals surface area contributed by atoms with E-state index in [0.717, 1.165) is 50.7 Å². The average molecular weight is 528 g/mol. The van der Waals surface area contributed by atoms with Gasteiger partial charge in [-0.3, -0.25) is 4.79 Å². The first-order valence-electron chi connectivity index (χ1n) is 12.9. The molecule has 0 unspecified atom stereocenters. The van der Waals surface area contributed by atoms with Crippen LogP contribution in [0.4, 0.5) is 13.2 Å². The Morgan fingerprint density at radius 2 is 1.63 bits per heavy atom. The Bertz CT molecular complexity index is 1340. The van der Waals surface area contributed by atoms with Crippen molar-refractivity contribution in [3.63, 3.8) is 0 Å². The van der Waals surface area contributed by atoms with Crippen molar-refractivity contribution in [3.8, 4) is 5.75 Å². The van der Waals surface area contributed by atoms with Gasteiger partial charge in [-0.05, 0) is 92.2 Å². The van der Waals surface area contributed by atoms with Crippen LogP contribution >= 0.6 is 0 Å². The molecule has 2 aromatic carbocycles. The molecule has 9 heteroatoms. The van der Waals surface area contributed by atoms with E-state index in [9.17, 15) is 27.9 Å². The average Bonchev–Trinajstić information content (AvgIpc) is 3.33. The van der Waals surface area contributed by atoms with Crippen LogP contribution in [-0.2, 0) is 17.6 Å². The number of aliphatic carboxylic acids is 1. The summed E-state index contributed by atoms with van der Waals surface area (Å²) in [7, 11) is 0. The van der Waals surface area contributed by atoms with Crippen LogP contribution in [0.1, 0.15) is 60.0 Å². The number of hydrogen-bond acceptors (Lipinski definition) is 4. The summed E-state index contributed by atoms with van der Waals surface area (Å²) >= 11 is 0. The van der Waals surface area contributed by atoms with Gasteiger partial charge in [0.25, 0.3) is 5.91 Å². The van der Waals surface area contributed by atoms with Crippen LogP contribution < -0.4 is 10.1 Å². The molecule has 0 aliphatic heterocycles. The van der Waals surface area contributed by atoms with Crippen molar-refractivity contribution in [2.45, 2.75) is 57.3 Å². The fourth-order valence-corrected chi connectivity index (χ4v) is 7.51. The third-order valence-electron chi connectivity index (χ3n) is 8.72. The van der Waals surface area contributed by atoms with Crippen molar-refractivity contribution in [3.05, 3.63) is 65.4 Å². The topological polar surface area (TPSA) is 88.8 Å². The van der Waals surface area contributed by atoms with Gasteiger partial charge in [0.15, 0.2) is 0 Å². The first-order chi connectivity index (χ1) is 18.1. The first kappa shape index (κ1) is 24.8. The Labute approximate surface area is 217 Å². The molecule has 3 aromatic rings. The van der Waals surface area contributed by atoms with Crippen molar-refractivity contribution < 1.29 is 37.0 Å². The highest BCUT2D eigenvalue weighted by molar-refractivity contribution is 6.04. The first-order valence-corrected chi connectivity index (χ1v) is 12.9. The standard InChI is InChI=1S/C29H28F3NO5/c30-29(31,32)20-3-1-16(2-4-20)15-38-24-21-7-8-37-23(21)6-5-22(24)26(34)33-25(27(35)36)28-12-17-9-18(13-28)11-19(10-17)14-28/h1-8,17-19,25H,9-15H2,(H,33,34)(H,35,36)/t17?,18?,19?,25-,28?/m1/s1. The summed E-state index contributed by atoms with van der Waals surface area (Å²) in [5.41, 5.74) is -0.0943. The Kier molecular flexibility index (Phi) is 5.92. The smallest absolute Gasteiger partial charge is 0.416 e. The molecule has 1 heterocycles. The van der Waals surface area contributed by atoms with E-state index in [1.807, 2.05) is 0 Å². The molecule has 7 rings (SSSR count). The van der Waals surface area contributed by atoms with E-state index in [0.29, 0.717) is 34.3 Å². The zero-order valence-electron chi connectivity index (χ0n) is 20.6. The highest BCUT2D eigenvalue weighted by atomic mass is 19.4. The maximum atomic E-state index is 13.6. The number of alkyl halides is 3. The number of fused-ring (bicyclic) bond motifs is 1. The summed E-state index contributed by atoms with van der Waals surface area (Å²) in [6.45, 7) is -0.0833. The zero-order valence-corrected chi connectivity index (χ0v) is 20.6. The second-order valence-electron chi connectivity index (χ2n) is 11.3. The number of carboxylic acids is 1. The number of halogens is 3. The lowest BCUT2D eigenvalue weighted by molar-refractivity contribution is -0.150. The molecule has 4 aliphatic rings. The predicted octanol–water partition coefficient (Wildman–Crippen LogP) is 6.43. The molecule has 4 aliphatic carbocycles. The van der Waals surface area contributed by atoms with E-state index in [2.05, 4.69) is 5.32 Å². The van der Waals surface area contributed by atoms with Crippen LogP contribution in [0.15, 0.2) is 53.1 Å². The fourth-order valence-electron chi connectivity index (χ4n) is 7.51. The van der Waals surface area contributed by atoms with Gasteiger partial charge in [0.1, 0.15) is 24.0 Å². The molecule has 0 radical (unpaired) electrons. The van der Waals surface area contributed by atoms with E-state index in [1.54, 1.807) is 12.1 Å². The molecular formula is C29H28F3NO5. The summed E-state index contributed by atoms with van der Waals surface area (Å²) < 4.78 is 50.2. The number of amides is 1. The number of furan rings is 1. The number of carbonyl (C=O) groups excluding carboxylic acids is 1. The van der Waals surface area contributed by atoms with E-state index >= 15 is 0 Å². The number of nitrogens with one attached hydrogen (secondary N) is 1. The van der Waals surface area contributed by atoms with Gasteiger partial charge in [0, 0.05) is 5.41 Å². The molecule has 2 N–H and O–H groups in total. The van der Waals surface area contributed by atoms with Gasteiger partial charge >= 0.3 is 12.1 Å². The van der Waals surface area contributed by atoms with Crippen molar-refractivity contribution in [2.24, 2.45) is 23.2 Å². The monoisotopic (exact) mass is 527 g/mol. The minimum atomic E-state index is -4.44. The largest absolute Gasteiger partial charge is 0.487 e. The molecule has 200 valence electrons. The summed E-state index contributed by atoms with van der Waals surface area (Å²) in [4.78, 5) is 26.1. The Hall–Kier alpha value is -3.49. The lowest BCUT2D eigenvalue weighted by Crippen LogP contribution is -2.59. The third-order valence-corrected chi connectivity index (χ3v) is 8.72. The van der Waals surface area contributed by atoms with Crippen LogP contribution in [0.5, 0.6) is 5.75 Å². The SMILES string of the molecule is O=C(N[C@H](C(=O)O)C12CC3CC(CC(C3)C1)C2)c1ccc2occc2c1OCc1ccc(C(F)(F)F)cc1. The van der Waals surface area contributed by atoms with Crippen LogP contribution in [0.3, 0.4) is 0 Å². The normalized spacial score (nSPS) is 26.9. The summed E-state index contributed by atoms with van der Waals surface area (Å²) in [6.07, 6.45) is 2.91. The van der Waals surface area contributed by atoms with Crippen LogP contribution in [0.2, 0.25) is 0 Å². The Morgan fingerprint density at radius 1 is 1.00 bits per heavy atom. The van der Waals surface area contributed by atoms with Gasteiger partial charge in [-0.2, -0.15) is 13.2 Å². The van der Waals surface area contributed by atoms with Crippen LogP contribution in [0.25, 0.3) is 11.0 Å². The molecule has 0 saturated heterocycles. The molecule has 4 saturated carbocycles. The van der Waals surface area contributed by atoms with E-state index in [-0.39, 0.29) is 17.9 Å². The summed E-state index contributed by atoms with van der Waals surface area (Å²) in [5, 5.41) is 13.6. The number of carboxylic acid groups (broad SMARTS) is 1. The number of benzene rings is 2. The van der Waals surface area contributed by atoms with Crippen LogP contribution in [0, 0.1) is 23.2 Å². The molecule has 1 atom stereocenters. The minimum Gasteiger partial charge on any atom is -0.487 e. The van der Waals surface area contributed by atoms with Gasteiger partial charge in [-0.25, -0.2) is 4.79 Å². The molecule has 4 fully saturated rings. The van der Waals surface area contributed by atoms with Gasteiger partial charge in [0.05, 0.1) is 22.8 Å². The molecule has 1 amide bonds. The Balaban J connectivity index is 1.26. The van der Waals surface area contributed by atoms with Gasteiger partial charge in [-0.15, -0.1) is 0 Å². The number of carbonyl (C=O) groups is 2. The lowest BCUT2D eigenvalue weighted by atomic mass is 9.47. The van der Waals surface area contributed by atoms with Gasteiger partial charge in [0.2, 0.25) is 0 Å². The van der Waals surface area contributed by atoms with Crippen molar-refractivity contribution in [2.75, 3.05) is 0 Å². The quantitative estimate of drug-likeness (QED) is 0.370. The van der Waals surface area contributed by atoms with E-state index in [1.165, 1.54) is 24.5 Å². The highest BCUT2D eigenvalue weighted by Crippen LogP contribution is 2.61. The number of hydrogen-bond donors (Lipinski definition) is 2. The minimum absolute atomic E-state index is 0.0833. The van der Waals surface area contributed by atoms with Gasteiger partial charge in [-0.1, -0.05) is 12.1 Å². The second-order valence-corrected chi connectivity index (χ2v) is 11.3. The molecule has 6 nitrogen and oxygen atoms in total. The van der Waals surface area contributed by atoms with Gasteiger partial charge < -0.3 is 19.6 Å². The Morgan fingerprint density at radius 3 is 2.21 bits per heavy atom. The number of ether oxygens (including phenoxy) is 1. The number of rotatable bonds is 7. The van der Waals surface area contributed by atoms with Crippen molar-refractivity contribution in [1.29, 1.82) is 0 Å². The predicted molar refractivity (Wildman–Crippen MR) is 131 cm³/mol. The molecule has 1 aromatic heterocycles. The second kappa shape index (κ2) is 9.06. The lowest BCUT2D eigenvalue weighted by Gasteiger charge is -2.58. The fraction of sp³-hybridized carbons (Fsp3) is 0.448. The maximum absolute atomic E-state index is 13.6. The highest BCUT2D eigenvalue weighted by Gasteiger charge is 2.56. The van der Waals surface area contributed by atoms with E-state index < -0.39 is 35.1 Å². The third kappa shape index (κ3) is 4.41. The van der Waals surface area contributed by atoms with Crippen molar-refractivity contribution >= 4 is 22.8 Å². The van der Waals surface area contributed by atoms with Crippen LogP contribution in [-0.4, -0.2) is 23.0 Å². The zero-order chi connectivity index (χ0) is 26.7. The summed E-state index contributed by atoms with van der Waals surface area (Å²) in [5.74, 6) is 0.165. The van der Waals surface area contributed by atoms with E-state index in [4.69, 9.17) is 9.15 Å². The molecular weight excluding hydrogens is 499 g/mol.